The Bertz CT molecular complexity index is 1210. The third-order valence-corrected chi connectivity index (χ3v) is 7.23. The number of sulfone groups is 1. The van der Waals surface area contributed by atoms with Crippen LogP contribution in [0.1, 0.15) is 12.2 Å². The number of aromatic nitrogens is 2. The maximum Gasteiger partial charge on any atom is 0.273 e. The number of aliphatic hydroxyl groups excluding tert-OH is 1. The summed E-state index contributed by atoms with van der Waals surface area (Å²) < 4.78 is 31.1. The summed E-state index contributed by atoms with van der Waals surface area (Å²) in [5.74, 6) is 1.42. The molecule has 0 bridgehead atoms. The lowest BCUT2D eigenvalue weighted by molar-refractivity contribution is -0.384. The quantitative estimate of drug-likeness (QED) is 0.417. The fraction of sp³-hybridized carbons (Fsp3) is 0.381. The minimum absolute atomic E-state index is 0.0128. The standard InChI is InChI=1S/C21H23N3O6S/c25-17(13-30-18-5-3-4-16(11-18)24(26)27)12-23-20-7-2-1-6-19(20)22-21(23)10-15-8-9-31(28,29)14-15/h1-7,11,15,17,25H,8-10,12-14H2/t15-,17-/m1/s1. The number of para-hydroxylation sites is 2. The van der Waals surface area contributed by atoms with E-state index in [-0.39, 0.29) is 36.3 Å². The van der Waals surface area contributed by atoms with Crippen molar-refractivity contribution in [2.45, 2.75) is 25.5 Å². The minimum Gasteiger partial charge on any atom is -0.491 e. The normalized spacial score (nSPS) is 18.8. The van der Waals surface area contributed by atoms with Crippen molar-refractivity contribution in [3.63, 3.8) is 0 Å². The van der Waals surface area contributed by atoms with E-state index >= 15 is 0 Å². The van der Waals surface area contributed by atoms with Crippen molar-refractivity contribution < 1.29 is 23.2 Å². The van der Waals surface area contributed by atoms with Crippen LogP contribution >= 0.6 is 0 Å². The Morgan fingerprint density at radius 1 is 1.26 bits per heavy atom. The lowest BCUT2D eigenvalue weighted by Crippen LogP contribution is -2.25. The van der Waals surface area contributed by atoms with Gasteiger partial charge in [0.1, 0.15) is 24.3 Å². The second-order valence-corrected chi connectivity index (χ2v) is 10.0. The molecule has 4 rings (SSSR count). The number of nitro groups is 1. The first-order valence-corrected chi connectivity index (χ1v) is 11.8. The number of imidazole rings is 1. The van der Waals surface area contributed by atoms with Crippen LogP contribution in [0.5, 0.6) is 5.75 Å². The Hall–Kier alpha value is -2.98. The second-order valence-electron chi connectivity index (χ2n) is 7.82. The van der Waals surface area contributed by atoms with E-state index in [1.165, 1.54) is 18.2 Å². The molecule has 0 saturated carbocycles. The number of benzene rings is 2. The highest BCUT2D eigenvalue weighted by Crippen LogP contribution is 2.25. The SMILES string of the molecule is O=[N+]([O-])c1cccc(OC[C@H](O)Cn2c(C[C@H]3CCS(=O)(=O)C3)nc3ccccc32)c1. The smallest absolute Gasteiger partial charge is 0.273 e. The van der Waals surface area contributed by atoms with Gasteiger partial charge in [-0.05, 0) is 30.5 Å². The average molecular weight is 445 g/mol. The number of aliphatic hydroxyl groups is 1. The number of ether oxygens (including phenoxy) is 1. The van der Waals surface area contributed by atoms with Crippen LogP contribution in [-0.2, 0) is 22.8 Å². The Balaban J connectivity index is 1.49. The summed E-state index contributed by atoms with van der Waals surface area (Å²) >= 11 is 0. The van der Waals surface area contributed by atoms with Crippen molar-refractivity contribution >= 4 is 26.6 Å². The van der Waals surface area contributed by atoms with Gasteiger partial charge in [-0.25, -0.2) is 13.4 Å². The van der Waals surface area contributed by atoms with Gasteiger partial charge in [0, 0.05) is 12.5 Å². The first-order chi connectivity index (χ1) is 14.8. The Kier molecular flexibility index (Phi) is 5.92. The van der Waals surface area contributed by atoms with E-state index in [2.05, 4.69) is 4.98 Å². The molecule has 3 aromatic rings. The summed E-state index contributed by atoms with van der Waals surface area (Å²) in [7, 11) is -2.98. The lowest BCUT2D eigenvalue weighted by atomic mass is 10.1. The van der Waals surface area contributed by atoms with Gasteiger partial charge in [-0.3, -0.25) is 10.1 Å². The maximum atomic E-state index is 11.8. The fourth-order valence-electron chi connectivity index (χ4n) is 3.92. The number of non-ortho nitro benzene ring substituents is 1. The maximum absolute atomic E-state index is 11.8. The molecule has 1 N–H and O–H groups in total. The molecular formula is C21H23N3O6S. The highest BCUT2D eigenvalue weighted by Gasteiger charge is 2.29. The van der Waals surface area contributed by atoms with Crippen molar-refractivity contribution in [2.24, 2.45) is 5.92 Å². The van der Waals surface area contributed by atoms with E-state index in [4.69, 9.17) is 4.74 Å². The van der Waals surface area contributed by atoms with Crippen molar-refractivity contribution in [2.75, 3.05) is 18.1 Å². The molecule has 1 aromatic heterocycles. The number of nitro benzene ring substituents is 1. The van der Waals surface area contributed by atoms with Crippen LogP contribution in [0, 0.1) is 16.0 Å². The first-order valence-electron chi connectivity index (χ1n) is 10.0. The van der Waals surface area contributed by atoms with E-state index in [0.29, 0.717) is 18.6 Å². The van der Waals surface area contributed by atoms with Gasteiger partial charge in [0.2, 0.25) is 0 Å². The molecule has 2 aromatic carbocycles. The zero-order valence-corrected chi connectivity index (χ0v) is 17.6. The summed E-state index contributed by atoms with van der Waals surface area (Å²) in [5.41, 5.74) is 1.55. The van der Waals surface area contributed by atoms with Crippen LogP contribution in [0.15, 0.2) is 48.5 Å². The van der Waals surface area contributed by atoms with E-state index in [9.17, 15) is 23.6 Å². The summed E-state index contributed by atoms with van der Waals surface area (Å²) in [5, 5.41) is 21.5. The number of nitrogens with zero attached hydrogens (tertiary/aromatic N) is 3. The number of hydrogen-bond acceptors (Lipinski definition) is 7. The molecule has 0 amide bonds. The molecule has 31 heavy (non-hydrogen) atoms. The molecule has 0 spiro atoms. The van der Waals surface area contributed by atoms with Gasteiger partial charge in [-0.1, -0.05) is 18.2 Å². The second kappa shape index (κ2) is 8.64. The molecular weight excluding hydrogens is 422 g/mol. The van der Waals surface area contributed by atoms with Gasteiger partial charge in [-0.2, -0.15) is 0 Å². The lowest BCUT2D eigenvalue weighted by Gasteiger charge is -2.16. The molecule has 0 radical (unpaired) electrons. The molecule has 0 unspecified atom stereocenters. The monoisotopic (exact) mass is 445 g/mol. The van der Waals surface area contributed by atoms with Gasteiger partial charge in [0.25, 0.3) is 5.69 Å². The van der Waals surface area contributed by atoms with Crippen molar-refractivity contribution in [3.05, 3.63) is 64.5 Å². The number of rotatable bonds is 8. The fourth-order valence-corrected chi connectivity index (χ4v) is 5.78. The van der Waals surface area contributed by atoms with E-state index < -0.39 is 20.9 Å². The van der Waals surface area contributed by atoms with Crippen LogP contribution in [0.2, 0.25) is 0 Å². The summed E-state index contributed by atoms with van der Waals surface area (Å²) in [6, 6.07) is 13.4. The molecule has 164 valence electrons. The van der Waals surface area contributed by atoms with Gasteiger partial charge in [0.05, 0.1) is 40.1 Å². The van der Waals surface area contributed by atoms with Gasteiger partial charge in [0.15, 0.2) is 9.84 Å². The van der Waals surface area contributed by atoms with Crippen LogP contribution in [0.3, 0.4) is 0 Å². The molecule has 1 aliphatic heterocycles. The van der Waals surface area contributed by atoms with Crippen LogP contribution in [0.25, 0.3) is 11.0 Å². The highest BCUT2D eigenvalue weighted by atomic mass is 32.2. The molecule has 1 saturated heterocycles. The summed E-state index contributed by atoms with van der Waals surface area (Å²) in [6.45, 7) is 0.162. The minimum atomic E-state index is -2.98. The van der Waals surface area contributed by atoms with Gasteiger partial charge < -0.3 is 14.4 Å². The Labute approximate surface area is 179 Å². The van der Waals surface area contributed by atoms with Gasteiger partial charge in [-0.15, -0.1) is 0 Å². The summed E-state index contributed by atoms with van der Waals surface area (Å²) in [6.07, 6.45) is 0.249. The molecule has 10 heteroatoms. The molecule has 1 aliphatic rings. The van der Waals surface area contributed by atoms with Gasteiger partial charge >= 0.3 is 0 Å². The van der Waals surface area contributed by atoms with E-state index in [1.54, 1.807) is 6.07 Å². The van der Waals surface area contributed by atoms with E-state index in [0.717, 1.165) is 16.9 Å². The molecule has 9 nitrogen and oxygen atoms in total. The zero-order valence-electron chi connectivity index (χ0n) is 16.8. The topological polar surface area (TPSA) is 125 Å². The molecule has 2 atom stereocenters. The largest absolute Gasteiger partial charge is 0.491 e. The van der Waals surface area contributed by atoms with Crippen LogP contribution in [-0.4, -0.2) is 52.2 Å². The molecule has 2 heterocycles. The summed E-state index contributed by atoms with van der Waals surface area (Å²) in [4.78, 5) is 15.1. The Morgan fingerprint density at radius 2 is 2.06 bits per heavy atom. The van der Waals surface area contributed by atoms with Crippen LogP contribution < -0.4 is 4.74 Å². The third-order valence-electron chi connectivity index (χ3n) is 5.40. The van der Waals surface area contributed by atoms with Crippen molar-refractivity contribution in [3.8, 4) is 5.75 Å². The third kappa shape index (κ3) is 5.02. The highest BCUT2D eigenvalue weighted by molar-refractivity contribution is 7.91. The Morgan fingerprint density at radius 3 is 2.81 bits per heavy atom. The number of hydrogen-bond donors (Lipinski definition) is 1. The van der Waals surface area contributed by atoms with E-state index in [1.807, 2.05) is 28.8 Å². The van der Waals surface area contributed by atoms with Crippen molar-refractivity contribution in [1.29, 1.82) is 0 Å². The number of fused-ring (bicyclic) bond motifs is 1. The zero-order chi connectivity index (χ0) is 22.0. The average Bonchev–Trinajstić information content (AvgIpc) is 3.26. The molecule has 1 fully saturated rings. The van der Waals surface area contributed by atoms with Crippen molar-refractivity contribution in [1.82, 2.24) is 9.55 Å². The molecule has 0 aliphatic carbocycles. The van der Waals surface area contributed by atoms with Crippen LogP contribution in [0.4, 0.5) is 5.69 Å². The predicted octanol–water partition coefficient (Wildman–Crippen LogP) is 2.36. The first kappa shape index (κ1) is 21.3. The predicted molar refractivity (Wildman–Crippen MR) is 115 cm³/mol.